The van der Waals surface area contributed by atoms with Crippen LogP contribution in [0.4, 0.5) is 0 Å². The third kappa shape index (κ3) is 1.94. The number of aryl methyl sites for hydroxylation is 1. The quantitative estimate of drug-likeness (QED) is 0.833. The van der Waals surface area contributed by atoms with Crippen molar-refractivity contribution >= 4 is 5.97 Å². The summed E-state index contributed by atoms with van der Waals surface area (Å²) in [7, 11) is 1.76. The van der Waals surface area contributed by atoms with Crippen molar-refractivity contribution in [1.29, 1.82) is 0 Å². The molecular formula is C11H12N2O4. The average Bonchev–Trinajstić information content (AvgIpc) is 2.87. The molecule has 0 radical (unpaired) electrons. The molecule has 2 heterocycles. The zero-order valence-corrected chi connectivity index (χ0v) is 9.41. The Kier molecular flexibility index (Phi) is 2.72. The van der Waals surface area contributed by atoms with Gasteiger partial charge in [-0.1, -0.05) is 0 Å². The minimum atomic E-state index is -1.16. The Labute approximate surface area is 97.1 Å². The van der Waals surface area contributed by atoms with Gasteiger partial charge in [0.05, 0.1) is 6.20 Å². The van der Waals surface area contributed by atoms with Crippen molar-refractivity contribution in [1.82, 2.24) is 9.78 Å². The van der Waals surface area contributed by atoms with Crippen LogP contribution in [0.15, 0.2) is 22.7 Å². The minimum Gasteiger partial charge on any atom is -0.475 e. The molecule has 1 unspecified atom stereocenters. The summed E-state index contributed by atoms with van der Waals surface area (Å²) in [5.74, 6) is -1.16. The van der Waals surface area contributed by atoms with Gasteiger partial charge < -0.3 is 14.6 Å². The maximum absolute atomic E-state index is 10.7. The standard InChI is InChI=1S/C11H12N2O4/c1-6-7(5-12-13(6)2)10(14)8-3-4-9(17-8)11(15)16/h3-5,10,14H,1-2H3,(H,15,16). The van der Waals surface area contributed by atoms with E-state index in [1.807, 2.05) is 6.92 Å². The van der Waals surface area contributed by atoms with Crippen LogP contribution in [0.1, 0.15) is 33.7 Å². The topological polar surface area (TPSA) is 88.5 Å². The van der Waals surface area contributed by atoms with E-state index in [-0.39, 0.29) is 11.5 Å². The molecule has 6 nitrogen and oxygen atoms in total. The van der Waals surface area contributed by atoms with Crippen LogP contribution < -0.4 is 0 Å². The predicted molar refractivity (Wildman–Crippen MR) is 57.7 cm³/mol. The molecular weight excluding hydrogens is 224 g/mol. The highest BCUT2D eigenvalue weighted by atomic mass is 16.4. The van der Waals surface area contributed by atoms with Crippen molar-refractivity contribution in [3.05, 3.63) is 41.1 Å². The van der Waals surface area contributed by atoms with Crippen molar-refractivity contribution in [2.45, 2.75) is 13.0 Å². The van der Waals surface area contributed by atoms with Gasteiger partial charge >= 0.3 is 5.97 Å². The highest BCUT2D eigenvalue weighted by Gasteiger charge is 2.20. The van der Waals surface area contributed by atoms with Gasteiger partial charge in [0.2, 0.25) is 5.76 Å². The molecule has 90 valence electrons. The van der Waals surface area contributed by atoms with E-state index in [9.17, 15) is 9.90 Å². The number of hydrogen-bond acceptors (Lipinski definition) is 4. The molecule has 17 heavy (non-hydrogen) atoms. The van der Waals surface area contributed by atoms with Gasteiger partial charge in [-0.05, 0) is 19.1 Å². The SMILES string of the molecule is Cc1c(C(O)c2ccc(C(=O)O)o2)cnn1C. The molecule has 6 heteroatoms. The van der Waals surface area contributed by atoms with Crippen molar-refractivity contribution in [3.63, 3.8) is 0 Å². The van der Waals surface area contributed by atoms with Crippen molar-refractivity contribution in [3.8, 4) is 0 Å². The van der Waals surface area contributed by atoms with Gasteiger partial charge in [-0.3, -0.25) is 4.68 Å². The minimum absolute atomic E-state index is 0.193. The molecule has 0 amide bonds. The normalized spacial score (nSPS) is 12.6. The average molecular weight is 236 g/mol. The Hall–Kier alpha value is -2.08. The van der Waals surface area contributed by atoms with Gasteiger partial charge in [0.25, 0.3) is 0 Å². The summed E-state index contributed by atoms with van der Waals surface area (Å²) < 4.78 is 6.66. The number of aromatic carboxylic acids is 1. The van der Waals surface area contributed by atoms with Crippen LogP contribution in [0.3, 0.4) is 0 Å². The van der Waals surface area contributed by atoms with E-state index < -0.39 is 12.1 Å². The summed E-state index contributed by atoms with van der Waals surface area (Å²) in [4.78, 5) is 10.7. The van der Waals surface area contributed by atoms with Crippen LogP contribution in [-0.2, 0) is 7.05 Å². The Morgan fingerprint density at radius 1 is 1.53 bits per heavy atom. The van der Waals surface area contributed by atoms with Gasteiger partial charge in [-0.25, -0.2) is 4.79 Å². The number of carbonyl (C=O) groups is 1. The van der Waals surface area contributed by atoms with Crippen molar-refractivity contribution in [2.24, 2.45) is 7.05 Å². The molecule has 0 saturated carbocycles. The van der Waals surface area contributed by atoms with E-state index in [0.29, 0.717) is 5.56 Å². The first-order chi connectivity index (χ1) is 8.00. The van der Waals surface area contributed by atoms with E-state index in [0.717, 1.165) is 5.69 Å². The summed E-state index contributed by atoms with van der Waals surface area (Å²) in [6, 6.07) is 2.76. The fourth-order valence-electron chi connectivity index (χ4n) is 1.55. The number of carboxylic acid groups (broad SMARTS) is 1. The third-order valence-corrected chi connectivity index (χ3v) is 2.67. The number of aliphatic hydroxyl groups excluding tert-OH is 1. The van der Waals surface area contributed by atoms with Crippen LogP contribution in [0.25, 0.3) is 0 Å². The number of furan rings is 1. The number of nitrogens with zero attached hydrogens (tertiary/aromatic N) is 2. The number of aromatic nitrogens is 2. The number of aliphatic hydroxyl groups is 1. The molecule has 0 aliphatic carbocycles. The second kappa shape index (κ2) is 4.06. The summed E-state index contributed by atoms with van der Waals surface area (Å²) in [5.41, 5.74) is 1.39. The first-order valence-corrected chi connectivity index (χ1v) is 5.00. The molecule has 0 aromatic carbocycles. The van der Waals surface area contributed by atoms with E-state index >= 15 is 0 Å². The second-order valence-electron chi connectivity index (χ2n) is 3.72. The summed E-state index contributed by atoms with van der Waals surface area (Å²) in [6.07, 6.45) is 0.528. The smallest absolute Gasteiger partial charge is 0.371 e. The summed E-state index contributed by atoms with van der Waals surface area (Å²) in [5, 5.41) is 22.8. The second-order valence-corrected chi connectivity index (χ2v) is 3.72. The van der Waals surface area contributed by atoms with E-state index in [2.05, 4.69) is 5.10 Å². The van der Waals surface area contributed by atoms with Crippen LogP contribution in [0, 0.1) is 6.92 Å². The fraction of sp³-hybridized carbons (Fsp3) is 0.273. The van der Waals surface area contributed by atoms with Crippen LogP contribution in [-0.4, -0.2) is 26.0 Å². The molecule has 1 atom stereocenters. The van der Waals surface area contributed by atoms with E-state index in [1.54, 1.807) is 11.7 Å². The Morgan fingerprint density at radius 3 is 2.71 bits per heavy atom. The van der Waals surface area contributed by atoms with Crippen molar-refractivity contribution in [2.75, 3.05) is 0 Å². The molecule has 0 fully saturated rings. The van der Waals surface area contributed by atoms with Crippen LogP contribution in [0.5, 0.6) is 0 Å². The van der Waals surface area contributed by atoms with E-state index in [1.165, 1.54) is 18.3 Å². The lowest BCUT2D eigenvalue weighted by atomic mass is 10.1. The van der Waals surface area contributed by atoms with Gasteiger partial charge in [0.15, 0.2) is 0 Å². The Bertz CT molecular complexity index is 556. The zero-order chi connectivity index (χ0) is 12.6. The molecule has 0 bridgehead atoms. The number of hydrogen-bond donors (Lipinski definition) is 2. The van der Waals surface area contributed by atoms with Crippen LogP contribution >= 0.6 is 0 Å². The van der Waals surface area contributed by atoms with Gasteiger partial charge in [0.1, 0.15) is 11.9 Å². The Balaban J connectivity index is 2.33. The predicted octanol–water partition coefficient (Wildman–Crippen LogP) is 1.10. The first-order valence-electron chi connectivity index (χ1n) is 5.00. The van der Waals surface area contributed by atoms with Crippen LogP contribution in [0.2, 0.25) is 0 Å². The molecule has 2 rings (SSSR count). The molecule has 0 spiro atoms. The highest BCUT2D eigenvalue weighted by Crippen LogP contribution is 2.25. The first kappa shape index (κ1) is 11.4. The van der Waals surface area contributed by atoms with Crippen molar-refractivity contribution < 1.29 is 19.4 Å². The third-order valence-electron chi connectivity index (χ3n) is 2.67. The number of rotatable bonds is 3. The maximum atomic E-state index is 10.7. The lowest BCUT2D eigenvalue weighted by molar-refractivity contribution is 0.0655. The monoisotopic (exact) mass is 236 g/mol. The lowest BCUT2D eigenvalue weighted by Crippen LogP contribution is -2.01. The molecule has 2 aromatic heterocycles. The largest absolute Gasteiger partial charge is 0.475 e. The summed E-state index contributed by atoms with van der Waals surface area (Å²) in [6.45, 7) is 1.81. The molecule has 0 aliphatic heterocycles. The maximum Gasteiger partial charge on any atom is 0.371 e. The van der Waals surface area contributed by atoms with Gasteiger partial charge in [-0.2, -0.15) is 5.10 Å². The Morgan fingerprint density at radius 2 is 2.24 bits per heavy atom. The van der Waals surface area contributed by atoms with Gasteiger partial charge in [-0.15, -0.1) is 0 Å². The van der Waals surface area contributed by atoms with E-state index in [4.69, 9.17) is 9.52 Å². The molecule has 0 aliphatic rings. The lowest BCUT2D eigenvalue weighted by Gasteiger charge is -2.06. The highest BCUT2D eigenvalue weighted by molar-refractivity contribution is 5.84. The summed E-state index contributed by atoms with van der Waals surface area (Å²) >= 11 is 0. The zero-order valence-electron chi connectivity index (χ0n) is 9.41. The fourth-order valence-corrected chi connectivity index (χ4v) is 1.55. The molecule has 2 N–H and O–H groups in total. The van der Waals surface area contributed by atoms with Gasteiger partial charge in [0, 0.05) is 18.3 Å². The molecule has 0 saturated heterocycles. The molecule has 2 aromatic rings. The number of carboxylic acids is 1.